The Bertz CT molecular complexity index is 740. The zero-order chi connectivity index (χ0) is 16.1. The number of benzene rings is 1. The van der Waals surface area contributed by atoms with E-state index in [1.807, 2.05) is 37.4 Å². The van der Waals surface area contributed by atoms with Crippen LogP contribution in [0.4, 0.5) is 5.69 Å². The van der Waals surface area contributed by atoms with Crippen molar-refractivity contribution in [2.75, 3.05) is 5.32 Å². The third-order valence-electron chi connectivity index (χ3n) is 2.92. The molecular weight excluding hydrogens is 366 g/mol. The summed E-state index contributed by atoms with van der Waals surface area (Å²) in [5.41, 5.74) is 4.94. The molecule has 22 heavy (non-hydrogen) atoms. The Labute approximate surface area is 140 Å². The highest BCUT2D eigenvalue weighted by Crippen LogP contribution is 2.17. The van der Waals surface area contributed by atoms with Crippen LogP contribution in [-0.4, -0.2) is 18.0 Å². The molecule has 2 N–H and O–H groups in total. The van der Waals surface area contributed by atoms with Crippen molar-refractivity contribution in [3.05, 3.63) is 50.1 Å². The number of aryl methyl sites for hydroxylation is 2. The number of rotatable bonds is 3. The van der Waals surface area contributed by atoms with Gasteiger partial charge < -0.3 is 5.32 Å². The number of hydrogen-bond donors (Lipinski definition) is 2. The molecule has 0 radical (unpaired) electrons. The molecule has 0 saturated heterocycles. The van der Waals surface area contributed by atoms with Gasteiger partial charge in [-0.15, -0.1) is 11.3 Å². The molecule has 1 aromatic heterocycles. The first-order valence-electron chi connectivity index (χ1n) is 6.41. The van der Waals surface area contributed by atoms with Crippen LogP contribution in [0.5, 0.6) is 0 Å². The molecule has 0 aliphatic carbocycles. The van der Waals surface area contributed by atoms with Gasteiger partial charge in [-0.05, 0) is 59.1 Å². The number of thiophene rings is 1. The molecule has 0 fully saturated rings. The van der Waals surface area contributed by atoms with Crippen LogP contribution >= 0.6 is 27.3 Å². The van der Waals surface area contributed by atoms with Gasteiger partial charge in [-0.1, -0.05) is 6.07 Å². The van der Waals surface area contributed by atoms with E-state index in [0.29, 0.717) is 5.69 Å². The van der Waals surface area contributed by atoms with Crippen LogP contribution in [0.2, 0.25) is 0 Å². The number of halogens is 1. The zero-order valence-electron chi connectivity index (χ0n) is 12.0. The lowest BCUT2D eigenvalue weighted by Gasteiger charge is -2.06. The van der Waals surface area contributed by atoms with Crippen molar-refractivity contribution < 1.29 is 9.59 Å². The fourth-order valence-electron chi connectivity index (χ4n) is 1.61. The third kappa shape index (κ3) is 4.51. The van der Waals surface area contributed by atoms with E-state index in [-0.39, 0.29) is 0 Å². The Morgan fingerprint density at radius 2 is 1.95 bits per heavy atom. The number of nitrogens with zero attached hydrogens (tertiary/aromatic N) is 1. The third-order valence-corrected chi connectivity index (χ3v) is 4.54. The fourth-order valence-corrected chi connectivity index (χ4v) is 2.91. The van der Waals surface area contributed by atoms with Crippen molar-refractivity contribution in [2.24, 2.45) is 5.10 Å². The van der Waals surface area contributed by atoms with Crippen molar-refractivity contribution in [3.8, 4) is 0 Å². The van der Waals surface area contributed by atoms with Gasteiger partial charge >= 0.3 is 11.8 Å². The summed E-state index contributed by atoms with van der Waals surface area (Å²) in [7, 11) is 0. The van der Waals surface area contributed by atoms with Crippen LogP contribution in [0, 0.1) is 13.8 Å². The fraction of sp³-hybridized carbons (Fsp3) is 0.133. The topological polar surface area (TPSA) is 70.6 Å². The maximum Gasteiger partial charge on any atom is 0.329 e. The van der Waals surface area contributed by atoms with Crippen LogP contribution in [0.1, 0.15) is 16.0 Å². The molecule has 0 saturated carbocycles. The molecule has 1 aromatic carbocycles. The number of anilines is 1. The predicted octanol–water partition coefficient (Wildman–Crippen LogP) is 3.22. The van der Waals surface area contributed by atoms with Gasteiger partial charge in [-0.25, -0.2) is 5.43 Å². The van der Waals surface area contributed by atoms with Crippen LogP contribution in [0.25, 0.3) is 0 Å². The number of amides is 2. The first-order chi connectivity index (χ1) is 10.5. The van der Waals surface area contributed by atoms with E-state index in [1.54, 1.807) is 6.07 Å². The molecule has 1 heterocycles. The molecule has 2 aromatic rings. The molecule has 0 bridgehead atoms. The number of hydrogen-bond acceptors (Lipinski definition) is 4. The standard InChI is InChI=1S/C15H14BrN3O2S/c1-9-3-4-12(5-10(9)2)18-14(20)15(21)19-17-7-13-6-11(16)8-22-13/h3-8H,1-2H3,(H,18,20)(H,19,21)/b17-7-. The van der Waals surface area contributed by atoms with Gasteiger partial charge in [0.1, 0.15) is 0 Å². The summed E-state index contributed by atoms with van der Waals surface area (Å²) in [6, 6.07) is 7.30. The summed E-state index contributed by atoms with van der Waals surface area (Å²) in [5, 5.41) is 8.18. The second-order valence-electron chi connectivity index (χ2n) is 4.62. The Morgan fingerprint density at radius 3 is 2.59 bits per heavy atom. The van der Waals surface area contributed by atoms with E-state index < -0.39 is 11.8 Å². The first-order valence-corrected chi connectivity index (χ1v) is 8.08. The minimum Gasteiger partial charge on any atom is -0.318 e. The summed E-state index contributed by atoms with van der Waals surface area (Å²) in [4.78, 5) is 24.3. The Balaban J connectivity index is 1.90. The summed E-state index contributed by atoms with van der Waals surface area (Å²) < 4.78 is 0.942. The molecule has 7 heteroatoms. The molecule has 0 aliphatic rings. The van der Waals surface area contributed by atoms with Gasteiger partial charge in [0, 0.05) is 20.4 Å². The van der Waals surface area contributed by atoms with Gasteiger partial charge in [0.05, 0.1) is 6.21 Å². The van der Waals surface area contributed by atoms with Gasteiger partial charge in [-0.2, -0.15) is 5.10 Å². The average Bonchev–Trinajstić information content (AvgIpc) is 2.88. The van der Waals surface area contributed by atoms with Crippen LogP contribution < -0.4 is 10.7 Å². The number of hydrazone groups is 1. The summed E-state index contributed by atoms with van der Waals surface area (Å²) in [6.45, 7) is 3.92. The Morgan fingerprint density at radius 1 is 1.18 bits per heavy atom. The monoisotopic (exact) mass is 379 g/mol. The lowest BCUT2D eigenvalue weighted by Crippen LogP contribution is -2.32. The molecule has 0 spiro atoms. The van der Waals surface area contributed by atoms with E-state index in [2.05, 4.69) is 31.8 Å². The second kappa shape index (κ2) is 7.33. The van der Waals surface area contributed by atoms with E-state index in [9.17, 15) is 9.59 Å². The quantitative estimate of drug-likeness (QED) is 0.488. The lowest BCUT2D eigenvalue weighted by atomic mass is 10.1. The van der Waals surface area contributed by atoms with E-state index in [1.165, 1.54) is 17.6 Å². The highest BCUT2D eigenvalue weighted by Gasteiger charge is 2.13. The van der Waals surface area contributed by atoms with Gasteiger partial charge in [0.25, 0.3) is 0 Å². The summed E-state index contributed by atoms with van der Waals surface area (Å²) >= 11 is 4.79. The minimum absolute atomic E-state index is 0.578. The normalized spacial score (nSPS) is 10.7. The number of carbonyl (C=O) groups is 2. The molecule has 5 nitrogen and oxygen atoms in total. The smallest absolute Gasteiger partial charge is 0.318 e. The summed E-state index contributed by atoms with van der Waals surface area (Å²) in [6.07, 6.45) is 1.48. The van der Waals surface area contributed by atoms with Gasteiger partial charge in [0.15, 0.2) is 0 Å². The van der Waals surface area contributed by atoms with Crippen molar-refractivity contribution in [2.45, 2.75) is 13.8 Å². The Hall–Kier alpha value is -1.99. The largest absolute Gasteiger partial charge is 0.329 e. The molecule has 0 aliphatic heterocycles. The van der Waals surface area contributed by atoms with Crippen molar-refractivity contribution in [1.29, 1.82) is 0 Å². The lowest BCUT2D eigenvalue weighted by molar-refractivity contribution is -0.136. The van der Waals surface area contributed by atoms with E-state index in [4.69, 9.17) is 0 Å². The van der Waals surface area contributed by atoms with E-state index >= 15 is 0 Å². The van der Waals surface area contributed by atoms with Crippen molar-refractivity contribution in [3.63, 3.8) is 0 Å². The highest BCUT2D eigenvalue weighted by atomic mass is 79.9. The molecule has 2 rings (SSSR count). The number of carbonyl (C=O) groups excluding carboxylic acids is 2. The van der Waals surface area contributed by atoms with Crippen LogP contribution in [0.3, 0.4) is 0 Å². The minimum atomic E-state index is -0.815. The summed E-state index contributed by atoms with van der Waals surface area (Å²) in [5.74, 6) is -1.57. The molecule has 114 valence electrons. The SMILES string of the molecule is Cc1ccc(NC(=O)C(=O)N/N=C\c2cc(Br)cs2)cc1C. The molecule has 2 amide bonds. The van der Waals surface area contributed by atoms with Crippen LogP contribution in [-0.2, 0) is 9.59 Å². The molecular formula is C15H14BrN3O2S. The molecule has 0 atom stereocenters. The maximum atomic E-state index is 11.8. The van der Waals surface area contributed by atoms with Crippen molar-refractivity contribution >= 4 is 51.0 Å². The predicted molar refractivity (Wildman–Crippen MR) is 92.3 cm³/mol. The first kappa shape index (κ1) is 16.4. The maximum absolute atomic E-state index is 11.8. The highest BCUT2D eigenvalue weighted by molar-refractivity contribution is 9.10. The van der Waals surface area contributed by atoms with E-state index in [0.717, 1.165) is 20.5 Å². The van der Waals surface area contributed by atoms with Gasteiger partial charge in [0.2, 0.25) is 0 Å². The second-order valence-corrected chi connectivity index (χ2v) is 6.48. The van der Waals surface area contributed by atoms with Crippen LogP contribution in [0.15, 0.2) is 39.2 Å². The average molecular weight is 380 g/mol. The van der Waals surface area contributed by atoms with Gasteiger partial charge in [-0.3, -0.25) is 9.59 Å². The Kier molecular flexibility index (Phi) is 5.46. The number of nitrogens with one attached hydrogen (secondary N) is 2. The van der Waals surface area contributed by atoms with Crippen molar-refractivity contribution in [1.82, 2.24) is 5.43 Å². The zero-order valence-corrected chi connectivity index (χ0v) is 14.4. The molecule has 0 unspecified atom stereocenters.